The monoisotopic (exact) mass is 571 g/mol. The number of carbonyl (C=O) groups is 5. The lowest BCUT2D eigenvalue weighted by molar-refractivity contribution is -0.150. The maximum Gasteiger partial charge on any atom is 0.352 e. The topological polar surface area (TPSA) is 177 Å². The summed E-state index contributed by atoms with van der Waals surface area (Å²) in [6, 6.07) is 7.93. The molecule has 0 spiro atoms. The number of ether oxygens (including phenoxy) is 1. The van der Waals surface area contributed by atoms with Crippen molar-refractivity contribution in [1.82, 2.24) is 15.2 Å². The van der Waals surface area contributed by atoms with E-state index < -0.39 is 41.8 Å². The summed E-state index contributed by atoms with van der Waals surface area (Å²) in [5, 5.41) is 19.2. The Morgan fingerprint density at radius 1 is 1.28 bits per heavy atom. The van der Waals surface area contributed by atoms with Gasteiger partial charge in [0.2, 0.25) is 13.0 Å². The fraction of sp³-hybridized carbons (Fsp3) is 0.208. The van der Waals surface area contributed by atoms with Gasteiger partial charge in [-0.1, -0.05) is 48.1 Å². The van der Waals surface area contributed by atoms with Gasteiger partial charge in [-0.15, -0.1) is 23.1 Å². The Balaban J connectivity index is 1.45. The van der Waals surface area contributed by atoms with E-state index in [4.69, 9.17) is 9.57 Å². The molecule has 0 radical (unpaired) electrons. The Bertz CT molecular complexity index is 1370. The average Bonchev–Trinajstić information content (AvgIpc) is 3.40. The fourth-order valence-electron chi connectivity index (χ4n) is 3.64. The van der Waals surface area contributed by atoms with Crippen molar-refractivity contribution in [3.63, 3.8) is 0 Å². The Hall–Kier alpha value is -4.50. The summed E-state index contributed by atoms with van der Waals surface area (Å²) in [6.07, 6.45) is 1.79. The first-order chi connectivity index (χ1) is 18.8. The van der Waals surface area contributed by atoms with Crippen LogP contribution in [0, 0.1) is 0 Å². The predicted octanol–water partition coefficient (Wildman–Crippen LogP) is 1.10. The molecule has 3 heterocycles. The lowest BCUT2D eigenvalue weighted by Gasteiger charge is -2.49. The number of rotatable bonds is 12. The zero-order valence-electron chi connectivity index (χ0n) is 20.1. The summed E-state index contributed by atoms with van der Waals surface area (Å²) in [6.45, 7) is 3.00. The van der Waals surface area contributed by atoms with Crippen LogP contribution in [-0.2, 0) is 40.2 Å². The lowest BCUT2D eigenvalue weighted by atomic mass is 10.0. The van der Waals surface area contributed by atoms with Crippen LogP contribution in [0.2, 0.25) is 0 Å². The maximum atomic E-state index is 13.2. The first-order valence-corrected chi connectivity index (χ1v) is 13.2. The third-order valence-corrected chi connectivity index (χ3v) is 7.53. The highest BCUT2D eigenvalue weighted by Crippen LogP contribution is 2.40. The van der Waals surface area contributed by atoms with E-state index in [-0.39, 0.29) is 34.6 Å². The minimum absolute atomic E-state index is 0.0134. The minimum atomic E-state index is -1.28. The first kappa shape index (κ1) is 27.5. The van der Waals surface area contributed by atoms with E-state index in [1.54, 1.807) is 24.3 Å². The Morgan fingerprint density at radius 2 is 2.05 bits per heavy atom. The number of fused-ring (bicyclic) bond motifs is 1. The largest absolute Gasteiger partial charge is 0.477 e. The molecule has 202 valence electrons. The molecule has 2 atom stereocenters. The van der Waals surface area contributed by atoms with Crippen molar-refractivity contribution in [3.05, 3.63) is 70.9 Å². The number of aliphatic carboxylic acids is 1. The molecular formula is C24H21N5O8S2. The number of carboxylic acids is 1. The van der Waals surface area contributed by atoms with Gasteiger partial charge in [0.15, 0.2) is 10.8 Å². The van der Waals surface area contributed by atoms with E-state index in [9.17, 15) is 29.1 Å². The summed E-state index contributed by atoms with van der Waals surface area (Å²) < 4.78 is 5.12. The highest BCUT2D eigenvalue weighted by molar-refractivity contribution is 8.00. The summed E-state index contributed by atoms with van der Waals surface area (Å²) in [5.74, 6) is -3.21. The summed E-state index contributed by atoms with van der Waals surface area (Å²) in [7, 11) is 0. The van der Waals surface area contributed by atoms with Crippen molar-refractivity contribution in [2.75, 3.05) is 17.7 Å². The molecule has 0 saturated carbocycles. The van der Waals surface area contributed by atoms with E-state index in [0.717, 1.165) is 21.8 Å². The normalized spacial score (nSPS) is 18.4. The quantitative estimate of drug-likeness (QED) is 0.110. The van der Waals surface area contributed by atoms with Crippen LogP contribution < -0.4 is 10.6 Å². The first-order valence-electron chi connectivity index (χ1n) is 11.2. The number of anilines is 1. The van der Waals surface area contributed by atoms with Gasteiger partial charge in [-0.25, -0.2) is 14.6 Å². The second-order valence-electron chi connectivity index (χ2n) is 7.90. The van der Waals surface area contributed by atoms with E-state index in [1.807, 2.05) is 6.07 Å². The molecule has 1 fully saturated rings. The van der Waals surface area contributed by atoms with E-state index >= 15 is 0 Å². The van der Waals surface area contributed by atoms with Gasteiger partial charge in [-0.2, -0.15) is 0 Å². The smallest absolute Gasteiger partial charge is 0.352 e. The number of hydrogen-bond donors (Lipinski definition) is 3. The van der Waals surface area contributed by atoms with Crippen LogP contribution in [0.3, 0.4) is 0 Å². The molecule has 4 rings (SSSR count). The number of benzene rings is 1. The summed E-state index contributed by atoms with van der Waals surface area (Å²) >= 11 is 2.27. The Labute approximate surface area is 229 Å². The zero-order valence-corrected chi connectivity index (χ0v) is 21.7. The van der Waals surface area contributed by atoms with Crippen LogP contribution in [0.5, 0.6) is 0 Å². The average molecular weight is 572 g/mol. The predicted molar refractivity (Wildman–Crippen MR) is 140 cm³/mol. The van der Waals surface area contributed by atoms with Gasteiger partial charge in [0.05, 0.1) is 0 Å². The molecule has 2 aliphatic heterocycles. The second kappa shape index (κ2) is 12.4. The van der Waals surface area contributed by atoms with Gasteiger partial charge in [0, 0.05) is 11.1 Å². The van der Waals surface area contributed by atoms with Crippen LogP contribution in [0.4, 0.5) is 5.13 Å². The highest BCUT2D eigenvalue weighted by Gasteiger charge is 2.54. The number of esters is 1. The number of thioether (sulfide) groups is 1. The molecule has 1 saturated heterocycles. The molecule has 2 aliphatic rings. The number of nitrogens with zero attached hydrogens (tertiary/aromatic N) is 3. The van der Waals surface area contributed by atoms with E-state index in [0.29, 0.717) is 12.0 Å². The molecule has 13 nitrogen and oxygen atoms in total. The van der Waals surface area contributed by atoms with Crippen LogP contribution in [0.25, 0.3) is 0 Å². The molecule has 1 unspecified atom stereocenters. The molecule has 1 aromatic carbocycles. The number of allylic oxidation sites excluding steroid dienone is 1. The molecule has 3 N–H and O–H groups in total. The van der Waals surface area contributed by atoms with Crippen LogP contribution in [-0.4, -0.2) is 74.6 Å². The van der Waals surface area contributed by atoms with Crippen LogP contribution in [0.15, 0.2) is 64.8 Å². The number of carboxylic acid groups (broad SMARTS) is 1. The van der Waals surface area contributed by atoms with E-state index in [2.05, 4.69) is 27.4 Å². The number of carbonyl (C=O) groups excluding carboxylic acids is 4. The van der Waals surface area contributed by atoms with Gasteiger partial charge >= 0.3 is 11.9 Å². The van der Waals surface area contributed by atoms with E-state index in [1.165, 1.54) is 23.2 Å². The van der Waals surface area contributed by atoms with Gasteiger partial charge < -0.3 is 25.3 Å². The fourth-order valence-corrected chi connectivity index (χ4v) is 5.64. The third-order valence-electron chi connectivity index (χ3n) is 5.46. The lowest BCUT2D eigenvalue weighted by Crippen LogP contribution is -2.71. The molecule has 0 aliphatic carbocycles. The van der Waals surface area contributed by atoms with Gasteiger partial charge in [-0.3, -0.25) is 19.3 Å². The second-order valence-corrected chi connectivity index (χ2v) is 9.87. The minimum Gasteiger partial charge on any atom is -0.477 e. The summed E-state index contributed by atoms with van der Waals surface area (Å²) in [4.78, 5) is 70.8. The Kier molecular flexibility index (Phi) is 8.73. The van der Waals surface area contributed by atoms with Crippen molar-refractivity contribution in [2.24, 2.45) is 5.16 Å². The van der Waals surface area contributed by atoms with Crippen molar-refractivity contribution < 1.29 is 38.7 Å². The van der Waals surface area contributed by atoms with Crippen LogP contribution in [0.1, 0.15) is 11.3 Å². The third kappa shape index (κ3) is 6.15. The number of nitrogens with one attached hydrogen (secondary N) is 2. The highest BCUT2D eigenvalue weighted by atomic mass is 32.2. The molecule has 3 amide bonds. The molecule has 0 bridgehead atoms. The maximum absolute atomic E-state index is 13.2. The standard InChI is InChI=1S/C24H21N5O8S2/c1-2-14-10-38-22-18(21(33)29(22)19(14)23(34)35)27-20(32)17(15-11-39-24(26-15)25-12-30)28-37-9-16(31)36-8-13-6-4-3-5-7-13/h2-7,11-12,18,22H,1,8-10H2,(H,27,32)(H,34,35)(H,25,26,30)/b28-17+/t18?,22-/m1/s1. The number of oxime groups is 1. The number of thiazole rings is 1. The number of β-lactam (4-membered cyclic amide) rings is 1. The summed E-state index contributed by atoms with van der Waals surface area (Å²) in [5.41, 5.74) is 0.635. The molecular weight excluding hydrogens is 550 g/mol. The number of amides is 3. The van der Waals surface area contributed by atoms with Crippen molar-refractivity contribution in [3.8, 4) is 0 Å². The number of hydrogen-bond acceptors (Lipinski definition) is 11. The molecule has 39 heavy (non-hydrogen) atoms. The SMILES string of the molecule is C=CC1=C(C(=O)O)N2C(=O)C(NC(=O)/C(=N/OCC(=O)OCc3ccccc3)c3csc(NC=O)n3)[C@H]2SC1. The Morgan fingerprint density at radius 3 is 2.74 bits per heavy atom. The van der Waals surface area contributed by atoms with Crippen LogP contribution >= 0.6 is 23.1 Å². The molecule has 1 aromatic heterocycles. The van der Waals surface area contributed by atoms with Crippen molar-refractivity contribution in [2.45, 2.75) is 18.0 Å². The van der Waals surface area contributed by atoms with Crippen molar-refractivity contribution in [1.29, 1.82) is 0 Å². The van der Waals surface area contributed by atoms with Gasteiger partial charge in [0.1, 0.15) is 29.4 Å². The van der Waals surface area contributed by atoms with Gasteiger partial charge in [0.25, 0.3) is 11.8 Å². The molecule has 15 heteroatoms. The zero-order chi connectivity index (χ0) is 27.9. The molecule has 2 aromatic rings. The van der Waals surface area contributed by atoms with Gasteiger partial charge in [-0.05, 0) is 11.1 Å². The van der Waals surface area contributed by atoms with Crippen molar-refractivity contribution >= 4 is 64.1 Å². The number of aromatic nitrogens is 1.